The molecular weight excluding hydrogens is 434 g/mol. The molecule has 3 heteroatoms. The van der Waals surface area contributed by atoms with Crippen molar-refractivity contribution in [3.8, 4) is 0 Å². The fourth-order valence-corrected chi connectivity index (χ4v) is 7.48. The van der Waals surface area contributed by atoms with Crippen LogP contribution in [0.15, 0.2) is 89.3 Å². The van der Waals surface area contributed by atoms with Gasteiger partial charge in [-0.15, -0.1) is 11.8 Å². The fraction of sp³-hybridized carbons (Fsp3) is 0.226. The molecule has 0 spiro atoms. The van der Waals surface area contributed by atoms with Gasteiger partial charge in [0.2, 0.25) is 0 Å². The van der Waals surface area contributed by atoms with Gasteiger partial charge in [0.05, 0.1) is 5.25 Å². The van der Waals surface area contributed by atoms with E-state index in [-0.39, 0.29) is 5.37 Å². The normalized spacial score (nSPS) is 20.5. The van der Waals surface area contributed by atoms with Crippen molar-refractivity contribution in [1.29, 1.82) is 0 Å². The molecule has 5 aromatic rings. The highest BCUT2D eigenvalue weighted by molar-refractivity contribution is 8.00. The maximum Gasteiger partial charge on any atom is 0.135 e. The molecular formula is C31H29NOS. The molecule has 0 bridgehead atoms. The van der Waals surface area contributed by atoms with Crippen LogP contribution in [0.2, 0.25) is 0 Å². The minimum absolute atomic E-state index is 0.246. The van der Waals surface area contributed by atoms with E-state index < -0.39 is 0 Å². The van der Waals surface area contributed by atoms with Gasteiger partial charge in [0.25, 0.3) is 0 Å². The Morgan fingerprint density at radius 2 is 1.41 bits per heavy atom. The minimum atomic E-state index is 0.246. The quantitative estimate of drug-likeness (QED) is 0.266. The average molecular weight is 464 g/mol. The van der Waals surface area contributed by atoms with Gasteiger partial charge in [0, 0.05) is 22.5 Å². The van der Waals surface area contributed by atoms with Gasteiger partial charge in [-0.1, -0.05) is 66.7 Å². The first-order valence-electron chi connectivity index (χ1n) is 12.0. The number of hydrogen-bond donors (Lipinski definition) is 0. The summed E-state index contributed by atoms with van der Waals surface area (Å²) >= 11 is 2.08. The number of thioether (sulfide) groups is 1. The van der Waals surface area contributed by atoms with Gasteiger partial charge in [-0.25, -0.2) is 0 Å². The zero-order valence-electron chi connectivity index (χ0n) is 20.1. The number of anilines is 1. The standard InChI is InChI=1S/C31H29NOS/c1-19-11-10-12-20(2)29(19)31-32(22(4)30(34-31)23-13-6-5-7-14-23)26-18-25-24-15-8-9-16-27(24)33-28(25)17-21(26)3/h5-18,22,30-31H,1-4H3/t22-,30?,31?/m0/s1. The summed E-state index contributed by atoms with van der Waals surface area (Å²) in [4.78, 5) is 2.66. The molecule has 0 radical (unpaired) electrons. The van der Waals surface area contributed by atoms with E-state index in [1.165, 1.54) is 44.3 Å². The van der Waals surface area contributed by atoms with Crippen LogP contribution in [0.3, 0.4) is 0 Å². The maximum absolute atomic E-state index is 6.19. The number of benzene rings is 4. The Morgan fingerprint density at radius 1 is 0.706 bits per heavy atom. The molecule has 1 aliphatic rings. The first-order chi connectivity index (χ1) is 16.5. The summed E-state index contributed by atoms with van der Waals surface area (Å²) in [5.74, 6) is 0. The van der Waals surface area contributed by atoms with E-state index >= 15 is 0 Å². The van der Waals surface area contributed by atoms with E-state index in [2.05, 4.69) is 123 Å². The van der Waals surface area contributed by atoms with Crippen LogP contribution in [-0.4, -0.2) is 6.04 Å². The summed E-state index contributed by atoms with van der Waals surface area (Å²) < 4.78 is 6.19. The van der Waals surface area contributed by atoms with E-state index in [4.69, 9.17) is 4.42 Å². The molecule has 2 heterocycles. The molecule has 1 aliphatic heterocycles. The molecule has 34 heavy (non-hydrogen) atoms. The number of hydrogen-bond acceptors (Lipinski definition) is 3. The number of furan rings is 1. The molecule has 6 rings (SSSR count). The van der Waals surface area contributed by atoms with Crippen molar-refractivity contribution in [2.24, 2.45) is 0 Å². The fourth-order valence-electron chi connectivity index (χ4n) is 5.59. The zero-order valence-corrected chi connectivity index (χ0v) is 20.9. The van der Waals surface area contributed by atoms with Crippen LogP contribution in [0, 0.1) is 20.8 Å². The number of rotatable bonds is 3. The smallest absolute Gasteiger partial charge is 0.135 e. The first kappa shape index (κ1) is 21.4. The zero-order chi connectivity index (χ0) is 23.4. The van der Waals surface area contributed by atoms with E-state index in [1.807, 2.05) is 6.07 Å². The van der Waals surface area contributed by atoms with Crippen molar-refractivity contribution >= 4 is 39.4 Å². The Balaban J connectivity index is 1.56. The third-order valence-corrected chi connectivity index (χ3v) is 8.98. The van der Waals surface area contributed by atoms with Crippen LogP contribution < -0.4 is 4.90 Å². The summed E-state index contributed by atoms with van der Waals surface area (Å²) in [5, 5.41) is 3.01. The number of para-hydroxylation sites is 1. The van der Waals surface area contributed by atoms with Gasteiger partial charge in [0.1, 0.15) is 16.5 Å². The molecule has 4 aromatic carbocycles. The molecule has 2 nitrogen and oxygen atoms in total. The second kappa shape index (κ2) is 8.25. The lowest BCUT2D eigenvalue weighted by atomic mass is 9.98. The second-order valence-electron chi connectivity index (χ2n) is 9.51. The van der Waals surface area contributed by atoms with E-state index in [9.17, 15) is 0 Å². The monoisotopic (exact) mass is 463 g/mol. The SMILES string of the molecule is Cc1cc2oc3ccccc3c2cc1N1C(c2c(C)cccc2C)SC(c2ccccc2)[C@@H]1C. The Labute approximate surface area is 205 Å². The molecule has 1 aromatic heterocycles. The lowest BCUT2D eigenvalue weighted by Gasteiger charge is -2.33. The highest BCUT2D eigenvalue weighted by atomic mass is 32.2. The van der Waals surface area contributed by atoms with Crippen molar-refractivity contribution in [1.82, 2.24) is 0 Å². The summed E-state index contributed by atoms with van der Waals surface area (Å²) in [7, 11) is 0. The third kappa shape index (κ3) is 3.33. The summed E-state index contributed by atoms with van der Waals surface area (Å²) in [6.07, 6.45) is 0. The lowest BCUT2D eigenvalue weighted by Crippen LogP contribution is -2.32. The molecule has 0 amide bonds. The van der Waals surface area contributed by atoms with Gasteiger partial charge in [-0.2, -0.15) is 0 Å². The number of aryl methyl sites for hydroxylation is 3. The van der Waals surface area contributed by atoms with Crippen molar-refractivity contribution in [2.45, 2.75) is 44.4 Å². The Kier molecular flexibility index (Phi) is 5.18. The predicted molar refractivity (Wildman–Crippen MR) is 146 cm³/mol. The van der Waals surface area contributed by atoms with Gasteiger partial charge in [-0.05, 0) is 73.7 Å². The molecule has 0 saturated carbocycles. The van der Waals surface area contributed by atoms with E-state index in [0.29, 0.717) is 11.3 Å². The largest absolute Gasteiger partial charge is 0.456 e. The molecule has 3 atom stereocenters. The van der Waals surface area contributed by atoms with Crippen LogP contribution in [0.25, 0.3) is 21.9 Å². The van der Waals surface area contributed by atoms with Crippen molar-refractivity contribution in [2.75, 3.05) is 4.90 Å². The number of nitrogens with zero attached hydrogens (tertiary/aromatic N) is 1. The first-order valence-corrected chi connectivity index (χ1v) is 12.9. The summed E-state index contributed by atoms with van der Waals surface area (Å²) in [6.45, 7) is 9.11. The average Bonchev–Trinajstić information content (AvgIpc) is 3.36. The summed E-state index contributed by atoms with van der Waals surface area (Å²) in [5.41, 5.74) is 10.0. The molecule has 0 N–H and O–H groups in total. The maximum atomic E-state index is 6.19. The minimum Gasteiger partial charge on any atom is -0.456 e. The topological polar surface area (TPSA) is 16.4 Å². The molecule has 1 saturated heterocycles. The van der Waals surface area contributed by atoms with Crippen molar-refractivity contribution in [3.05, 3.63) is 113 Å². The van der Waals surface area contributed by atoms with Crippen LogP contribution in [-0.2, 0) is 0 Å². The van der Waals surface area contributed by atoms with E-state index in [1.54, 1.807) is 0 Å². The van der Waals surface area contributed by atoms with Gasteiger partial charge in [-0.3, -0.25) is 0 Å². The predicted octanol–water partition coefficient (Wildman–Crippen LogP) is 8.89. The Bertz CT molecular complexity index is 1480. The van der Waals surface area contributed by atoms with E-state index in [0.717, 1.165) is 11.2 Å². The highest BCUT2D eigenvalue weighted by Crippen LogP contribution is 2.56. The molecule has 1 fully saturated rings. The third-order valence-electron chi connectivity index (χ3n) is 7.30. The highest BCUT2D eigenvalue weighted by Gasteiger charge is 2.42. The lowest BCUT2D eigenvalue weighted by molar-refractivity contribution is 0.647. The van der Waals surface area contributed by atoms with Crippen molar-refractivity contribution < 1.29 is 4.42 Å². The van der Waals surface area contributed by atoms with Gasteiger partial charge in [0.15, 0.2) is 0 Å². The summed E-state index contributed by atoms with van der Waals surface area (Å²) in [6, 6.07) is 30.9. The second-order valence-corrected chi connectivity index (χ2v) is 10.7. The molecule has 2 unspecified atom stereocenters. The molecule has 0 aliphatic carbocycles. The van der Waals surface area contributed by atoms with Crippen LogP contribution >= 0.6 is 11.8 Å². The molecule has 170 valence electrons. The van der Waals surface area contributed by atoms with Crippen LogP contribution in [0.4, 0.5) is 5.69 Å². The Hall–Kier alpha value is -3.17. The van der Waals surface area contributed by atoms with Gasteiger partial charge >= 0.3 is 0 Å². The Morgan fingerprint density at radius 3 is 2.18 bits per heavy atom. The van der Waals surface area contributed by atoms with Crippen LogP contribution in [0.1, 0.15) is 45.4 Å². The van der Waals surface area contributed by atoms with Crippen molar-refractivity contribution in [3.63, 3.8) is 0 Å². The van der Waals surface area contributed by atoms with Gasteiger partial charge < -0.3 is 9.32 Å². The number of fused-ring (bicyclic) bond motifs is 3. The van der Waals surface area contributed by atoms with Crippen LogP contribution in [0.5, 0.6) is 0 Å².